The first-order valence-electron chi connectivity index (χ1n) is 8.40. The Morgan fingerprint density at radius 1 is 1.24 bits per heavy atom. The highest BCUT2D eigenvalue weighted by Crippen LogP contribution is 2.40. The zero-order valence-electron chi connectivity index (χ0n) is 13.8. The zero-order valence-corrected chi connectivity index (χ0v) is 13.8. The Morgan fingerprint density at radius 3 is 2.48 bits per heavy atom. The number of hydrogen-bond acceptors (Lipinski definition) is 3. The van der Waals surface area contributed by atoms with Crippen LogP contribution in [0.3, 0.4) is 0 Å². The lowest BCUT2D eigenvalue weighted by molar-refractivity contribution is -0.142. The smallest absolute Gasteiger partial charge is 0.306 e. The summed E-state index contributed by atoms with van der Waals surface area (Å²) in [5, 5.41) is 8.88. The molecule has 0 bridgehead atoms. The fourth-order valence-corrected chi connectivity index (χ4v) is 3.84. The highest BCUT2D eigenvalue weighted by molar-refractivity contribution is 5.67. The van der Waals surface area contributed by atoms with E-state index in [0.29, 0.717) is 12.0 Å². The van der Waals surface area contributed by atoms with Crippen LogP contribution in [-0.2, 0) is 9.53 Å². The van der Waals surface area contributed by atoms with Gasteiger partial charge in [-0.05, 0) is 42.9 Å². The van der Waals surface area contributed by atoms with E-state index in [-0.39, 0.29) is 12.5 Å². The summed E-state index contributed by atoms with van der Waals surface area (Å²) < 4.78 is 5.55. The fourth-order valence-electron chi connectivity index (χ4n) is 3.84. The number of ether oxygens (including phenoxy) is 1. The van der Waals surface area contributed by atoms with E-state index in [1.165, 1.54) is 25.7 Å². The summed E-state index contributed by atoms with van der Waals surface area (Å²) in [6.45, 7) is 10.6. The minimum absolute atomic E-state index is 0.123. The molecule has 1 atom stereocenters. The Bertz CT molecular complexity index is 342. The molecule has 122 valence electrons. The van der Waals surface area contributed by atoms with Crippen LogP contribution in [0, 0.1) is 17.3 Å². The lowest BCUT2D eigenvalue weighted by atomic mass is 9.70. The number of nitrogens with zero attached hydrogens (tertiary/aromatic N) is 1. The van der Waals surface area contributed by atoms with Crippen molar-refractivity contribution in [3.8, 4) is 0 Å². The standard InChI is InChI=1S/C17H31NO3/c1-17(2,3)14-6-4-13(5-7-14)11-18-8-9-21-15(12-18)10-16(19)20/h13-15H,4-12H2,1-3H3,(H,19,20). The van der Waals surface area contributed by atoms with Gasteiger partial charge in [-0.2, -0.15) is 0 Å². The molecule has 0 aromatic rings. The van der Waals surface area contributed by atoms with Gasteiger partial charge >= 0.3 is 5.97 Å². The lowest BCUT2D eigenvalue weighted by Gasteiger charge is -2.40. The molecule has 1 saturated heterocycles. The number of hydrogen-bond donors (Lipinski definition) is 1. The van der Waals surface area contributed by atoms with Crippen LogP contribution in [0.5, 0.6) is 0 Å². The monoisotopic (exact) mass is 297 g/mol. The molecule has 2 fully saturated rings. The van der Waals surface area contributed by atoms with Gasteiger partial charge in [-0.1, -0.05) is 20.8 Å². The van der Waals surface area contributed by atoms with E-state index in [1.807, 2.05) is 0 Å². The summed E-state index contributed by atoms with van der Waals surface area (Å²) in [7, 11) is 0. The maximum absolute atomic E-state index is 10.8. The Morgan fingerprint density at radius 2 is 1.90 bits per heavy atom. The second-order valence-electron chi connectivity index (χ2n) is 7.93. The van der Waals surface area contributed by atoms with Gasteiger partial charge in [-0.15, -0.1) is 0 Å². The lowest BCUT2D eigenvalue weighted by Crippen LogP contribution is -2.45. The molecule has 1 aliphatic carbocycles. The first-order valence-corrected chi connectivity index (χ1v) is 8.40. The molecule has 0 aromatic heterocycles. The Hall–Kier alpha value is -0.610. The van der Waals surface area contributed by atoms with Gasteiger partial charge in [0.05, 0.1) is 19.1 Å². The number of aliphatic carboxylic acids is 1. The summed E-state index contributed by atoms with van der Waals surface area (Å²) >= 11 is 0. The Kier molecular flexibility index (Phi) is 5.67. The maximum atomic E-state index is 10.8. The third-order valence-corrected chi connectivity index (χ3v) is 5.21. The second kappa shape index (κ2) is 7.10. The van der Waals surface area contributed by atoms with Crippen LogP contribution >= 0.6 is 0 Å². The van der Waals surface area contributed by atoms with E-state index < -0.39 is 5.97 Å². The molecule has 0 spiro atoms. The Labute approximate surface area is 128 Å². The van der Waals surface area contributed by atoms with Crippen LogP contribution in [0.25, 0.3) is 0 Å². The quantitative estimate of drug-likeness (QED) is 0.866. The van der Waals surface area contributed by atoms with E-state index >= 15 is 0 Å². The molecule has 1 saturated carbocycles. The van der Waals surface area contributed by atoms with E-state index in [4.69, 9.17) is 9.84 Å². The van der Waals surface area contributed by atoms with E-state index in [2.05, 4.69) is 25.7 Å². The van der Waals surface area contributed by atoms with Crippen molar-refractivity contribution >= 4 is 5.97 Å². The van der Waals surface area contributed by atoms with Gasteiger partial charge in [0.15, 0.2) is 0 Å². The SMILES string of the molecule is CC(C)(C)C1CCC(CN2CCOC(CC(=O)O)C2)CC1. The van der Waals surface area contributed by atoms with Crippen molar-refractivity contribution in [3.63, 3.8) is 0 Å². The number of carboxylic acid groups (broad SMARTS) is 1. The second-order valence-corrected chi connectivity index (χ2v) is 7.93. The fraction of sp³-hybridized carbons (Fsp3) is 0.941. The van der Waals surface area contributed by atoms with E-state index in [0.717, 1.165) is 31.5 Å². The highest BCUT2D eigenvalue weighted by atomic mass is 16.5. The van der Waals surface area contributed by atoms with Crippen molar-refractivity contribution in [2.24, 2.45) is 17.3 Å². The normalized spacial score (nSPS) is 32.0. The third-order valence-electron chi connectivity index (χ3n) is 5.21. The molecule has 1 unspecified atom stereocenters. The molecule has 1 heterocycles. The van der Waals surface area contributed by atoms with E-state index in [1.54, 1.807) is 0 Å². The van der Waals surface area contributed by atoms with Gasteiger partial charge in [-0.3, -0.25) is 9.69 Å². The van der Waals surface area contributed by atoms with Gasteiger partial charge in [0, 0.05) is 19.6 Å². The first kappa shape index (κ1) is 16.8. The van der Waals surface area contributed by atoms with Crippen molar-refractivity contribution in [2.45, 2.75) is 59.0 Å². The third kappa shape index (κ3) is 5.26. The molecule has 0 amide bonds. The van der Waals surface area contributed by atoms with Crippen molar-refractivity contribution in [3.05, 3.63) is 0 Å². The average Bonchev–Trinajstić information content (AvgIpc) is 2.38. The predicted octanol–water partition coefficient (Wildman–Crippen LogP) is 3.01. The molecule has 2 aliphatic rings. The van der Waals surface area contributed by atoms with Gasteiger partial charge in [0.25, 0.3) is 0 Å². The zero-order chi connectivity index (χ0) is 15.5. The highest BCUT2D eigenvalue weighted by Gasteiger charge is 2.31. The molecular weight excluding hydrogens is 266 g/mol. The molecule has 21 heavy (non-hydrogen) atoms. The molecular formula is C17H31NO3. The van der Waals surface area contributed by atoms with E-state index in [9.17, 15) is 4.79 Å². The number of carbonyl (C=O) groups is 1. The summed E-state index contributed by atoms with van der Waals surface area (Å²) in [5.41, 5.74) is 0.441. The minimum atomic E-state index is -0.757. The molecule has 1 N–H and O–H groups in total. The predicted molar refractivity (Wildman–Crippen MR) is 83.3 cm³/mol. The summed E-state index contributed by atoms with van der Waals surface area (Å²) in [5.74, 6) is 0.887. The van der Waals surface area contributed by atoms with Crippen LogP contribution in [0.1, 0.15) is 52.9 Å². The van der Waals surface area contributed by atoms with Crippen LogP contribution in [0.15, 0.2) is 0 Å². The summed E-state index contributed by atoms with van der Waals surface area (Å²) in [6.07, 6.45) is 5.34. The summed E-state index contributed by atoms with van der Waals surface area (Å²) in [6, 6.07) is 0. The molecule has 4 heteroatoms. The van der Waals surface area contributed by atoms with Crippen molar-refractivity contribution < 1.29 is 14.6 Å². The number of morpholine rings is 1. The molecule has 1 aliphatic heterocycles. The molecule has 0 radical (unpaired) electrons. The first-order chi connectivity index (χ1) is 9.84. The molecule has 4 nitrogen and oxygen atoms in total. The van der Waals surface area contributed by atoms with Gasteiger partial charge < -0.3 is 9.84 Å². The molecule has 0 aromatic carbocycles. The van der Waals surface area contributed by atoms with Crippen LogP contribution < -0.4 is 0 Å². The van der Waals surface area contributed by atoms with Gasteiger partial charge in [-0.25, -0.2) is 0 Å². The average molecular weight is 297 g/mol. The van der Waals surface area contributed by atoms with Crippen LogP contribution in [-0.4, -0.2) is 48.3 Å². The molecule has 2 rings (SSSR count). The maximum Gasteiger partial charge on any atom is 0.306 e. The van der Waals surface area contributed by atoms with Crippen LogP contribution in [0.2, 0.25) is 0 Å². The van der Waals surface area contributed by atoms with Crippen molar-refractivity contribution in [2.75, 3.05) is 26.2 Å². The largest absolute Gasteiger partial charge is 0.481 e. The van der Waals surface area contributed by atoms with Crippen molar-refractivity contribution in [1.29, 1.82) is 0 Å². The van der Waals surface area contributed by atoms with Crippen molar-refractivity contribution in [1.82, 2.24) is 4.90 Å². The number of carboxylic acids is 1. The Balaban J connectivity index is 1.74. The topological polar surface area (TPSA) is 49.8 Å². The minimum Gasteiger partial charge on any atom is -0.481 e. The van der Waals surface area contributed by atoms with Gasteiger partial charge in [0.1, 0.15) is 0 Å². The summed E-state index contributed by atoms with van der Waals surface area (Å²) in [4.78, 5) is 13.2. The van der Waals surface area contributed by atoms with Crippen LogP contribution in [0.4, 0.5) is 0 Å². The number of rotatable bonds is 4. The van der Waals surface area contributed by atoms with Gasteiger partial charge in [0.2, 0.25) is 0 Å².